The van der Waals surface area contributed by atoms with Gasteiger partial charge in [0.05, 0.1) is 5.56 Å². The quantitative estimate of drug-likeness (QED) is 0.766. The summed E-state index contributed by atoms with van der Waals surface area (Å²) >= 11 is 0. The third-order valence-corrected chi connectivity index (χ3v) is 2.07. The zero-order valence-electron chi connectivity index (χ0n) is 8.16. The van der Waals surface area contributed by atoms with Crippen LogP contribution in [-0.4, -0.2) is 10.9 Å². The van der Waals surface area contributed by atoms with Crippen LogP contribution in [0.5, 0.6) is 0 Å². The molecule has 0 saturated carbocycles. The van der Waals surface area contributed by atoms with E-state index in [1.165, 1.54) is 0 Å². The van der Waals surface area contributed by atoms with Gasteiger partial charge in [0.15, 0.2) is 0 Å². The zero-order valence-corrected chi connectivity index (χ0v) is 8.16. The number of aromatic amines is 1. The molecule has 1 amide bonds. The normalized spacial score (nSPS) is 9.93. The molecule has 0 spiro atoms. The van der Waals surface area contributed by atoms with Crippen molar-refractivity contribution in [1.29, 1.82) is 0 Å². The van der Waals surface area contributed by atoms with Crippen LogP contribution < -0.4 is 5.32 Å². The molecule has 0 fully saturated rings. The minimum absolute atomic E-state index is 0.118. The van der Waals surface area contributed by atoms with E-state index in [0.717, 1.165) is 11.3 Å². The van der Waals surface area contributed by atoms with Crippen LogP contribution in [0.2, 0.25) is 0 Å². The van der Waals surface area contributed by atoms with Gasteiger partial charge in [-0.05, 0) is 30.7 Å². The van der Waals surface area contributed by atoms with E-state index in [0.29, 0.717) is 5.56 Å². The van der Waals surface area contributed by atoms with Gasteiger partial charge in [-0.15, -0.1) is 0 Å². The van der Waals surface area contributed by atoms with E-state index in [-0.39, 0.29) is 5.91 Å². The maximum atomic E-state index is 11.6. The molecule has 1 aromatic heterocycles. The summed E-state index contributed by atoms with van der Waals surface area (Å²) in [5.74, 6) is -0.118. The summed E-state index contributed by atoms with van der Waals surface area (Å²) in [5, 5.41) is 2.78. The van der Waals surface area contributed by atoms with Gasteiger partial charge in [-0.1, -0.05) is 12.1 Å². The van der Waals surface area contributed by atoms with Crippen LogP contribution in [0.25, 0.3) is 0 Å². The van der Waals surface area contributed by atoms with Gasteiger partial charge in [0.2, 0.25) is 0 Å². The van der Waals surface area contributed by atoms with E-state index >= 15 is 0 Å². The summed E-state index contributed by atoms with van der Waals surface area (Å²) in [5.41, 5.74) is 2.32. The Morgan fingerprint density at radius 1 is 1.20 bits per heavy atom. The second kappa shape index (κ2) is 4.00. The fourth-order valence-electron chi connectivity index (χ4n) is 1.26. The third-order valence-electron chi connectivity index (χ3n) is 2.07. The molecular weight excluding hydrogens is 188 g/mol. The molecule has 15 heavy (non-hydrogen) atoms. The Morgan fingerprint density at radius 2 is 1.93 bits per heavy atom. The number of benzene rings is 1. The van der Waals surface area contributed by atoms with Gasteiger partial charge >= 0.3 is 0 Å². The van der Waals surface area contributed by atoms with Crippen molar-refractivity contribution in [2.45, 2.75) is 0 Å². The Kier molecular flexibility index (Phi) is 2.54. The highest BCUT2D eigenvalue weighted by Crippen LogP contribution is 2.10. The second-order valence-corrected chi connectivity index (χ2v) is 3.25. The zero-order chi connectivity index (χ0) is 10.7. The number of H-pyrrole nitrogens is 1. The number of nitrogens with one attached hydrogen (secondary N) is 2. The molecule has 0 atom stereocenters. The number of carbonyl (C=O) groups excluding carboxylic acids is 1. The Hall–Kier alpha value is -2.03. The van der Waals surface area contributed by atoms with Crippen LogP contribution in [0, 0.1) is 6.92 Å². The van der Waals surface area contributed by atoms with E-state index < -0.39 is 0 Å². The first-order chi connectivity index (χ1) is 7.25. The molecule has 2 N–H and O–H groups in total. The number of hydrogen-bond donors (Lipinski definition) is 2. The Labute approximate surface area is 88.1 Å². The number of hydrogen-bond acceptors (Lipinski definition) is 1. The van der Waals surface area contributed by atoms with E-state index in [1.807, 2.05) is 24.3 Å². The van der Waals surface area contributed by atoms with Gasteiger partial charge in [-0.25, -0.2) is 0 Å². The largest absolute Gasteiger partial charge is 0.367 e. The van der Waals surface area contributed by atoms with Crippen molar-refractivity contribution in [1.82, 2.24) is 4.98 Å². The number of anilines is 1. The van der Waals surface area contributed by atoms with Crippen molar-refractivity contribution < 1.29 is 4.79 Å². The van der Waals surface area contributed by atoms with Gasteiger partial charge in [0, 0.05) is 18.1 Å². The molecular formula is C12H11N2O. The summed E-state index contributed by atoms with van der Waals surface area (Å²) < 4.78 is 0. The van der Waals surface area contributed by atoms with Gasteiger partial charge in [0.25, 0.3) is 5.91 Å². The first kappa shape index (κ1) is 9.52. The topological polar surface area (TPSA) is 44.9 Å². The maximum absolute atomic E-state index is 11.6. The minimum Gasteiger partial charge on any atom is -0.367 e. The average molecular weight is 199 g/mol. The molecule has 0 aliphatic rings. The van der Waals surface area contributed by atoms with Crippen molar-refractivity contribution in [2.75, 3.05) is 5.32 Å². The van der Waals surface area contributed by atoms with E-state index in [4.69, 9.17) is 0 Å². The Balaban J connectivity index is 2.09. The lowest BCUT2D eigenvalue weighted by molar-refractivity contribution is 0.102. The molecule has 75 valence electrons. The number of amides is 1. The molecule has 1 aromatic carbocycles. The van der Waals surface area contributed by atoms with Crippen LogP contribution in [0.1, 0.15) is 15.9 Å². The van der Waals surface area contributed by atoms with Gasteiger partial charge in [-0.2, -0.15) is 0 Å². The summed E-state index contributed by atoms with van der Waals surface area (Å²) in [6.07, 6.45) is 3.37. The Morgan fingerprint density at radius 3 is 2.53 bits per heavy atom. The molecule has 2 aromatic rings. The smallest absolute Gasteiger partial charge is 0.257 e. The lowest BCUT2D eigenvalue weighted by Crippen LogP contribution is -2.10. The number of rotatable bonds is 2. The monoisotopic (exact) mass is 199 g/mol. The van der Waals surface area contributed by atoms with Crippen molar-refractivity contribution >= 4 is 11.6 Å². The van der Waals surface area contributed by atoms with Gasteiger partial charge in [0.1, 0.15) is 0 Å². The van der Waals surface area contributed by atoms with E-state index in [1.54, 1.807) is 18.5 Å². The first-order valence-electron chi connectivity index (χ1n) is 4.62. The molecule has 1 heterocycles. The summed E-state index contributed by atoms with van der Waals surface area (Å²) in [6, 6.07) is 9.09. The fraction of sp³-hybridized carbons (Fsp3) is 0. The number of carbonyl (C=O) groups is 1. The molecule has 0 unspecified atom stereocenters. The van der Waals surface area contributed by atoms with Crippen molar-refractivity contribution in [3.05, 3.63) is 60.8 Å². The molecule has 2 rings (SSSR count). The lowest BCUT2D eigenvalue weighted by atomic mass is 10.2. The highest BCUT2D eigenvalue weighted by Gasteiger charge is 2.04. The molecule has 0 aliphatic carbocycles. The average Bonchev–Trinajstić information content (AvgIpc) is 2.74. The fourth-order valence-corrected chi connectivity index (χ4v) is 1.26. The van der Waals surface area contributed by atoms with Crippen LogP contribution in [-0.2, 0) is 0 Å². The summed E-state index contributed by atoms with van der Waals surface area (Å²) in [6.45, 7) is 3.77. The Bertz CT molecular complexity index is 443. The molecule has 1 radical (unpaired) electrons. The highest BCUT2D eigenvalue weighted by molar-refractivity contribution is 6.04. The summed E-state index contributed by atoms with van der Waals surface area (Å²) in [7, 11) is 0. The molecule has 0 aliphatic heterocycles. The van der Waals surface area contributed by atoms with Crippen LogP contribution in [0.4, 0.5) is 5.69 Å². The standard InChI is InChI=1S/C12H11N2O/c1-9-2-4-11(5-3-9)14-12(15)10-6-7-13-8-10/h2-8,13H,1H2,(H,14,15). The molecule has 0 saturated heterocycles. The molecule has 3 nitrogen and oxygen atoms in total. The highest BCUT2D eigenvalue weighted by atomic mass is 16.1. The minimum atomic E-state index is -0.118. The van der Waals surface area contributed by atoms with Crippen LogP contribution in [0.15, 0.2) is 42.7 Å². The van der Waals surface area contributed by atoms with E-state index in [2.05, 4.69) is 17.2 Å². The SMILES string of the molecule is [CH2]c1ccc(NC(=O)c2cc[nH]c2)cc1. The van der Waals surface area contributed by atoms with Crippen LogP contribution in [0.3, 0.4) is 0 Å². The van der Waals surface area contributed by atoms with Crippen molar-refractivity contribution in [3.8, 4) is 0 Å². The molecule has 0 bridgehead atoms. The van der Waals surface area contributed by atoms with Crippen molar-refractivity contribution in [2.24, 2.45) is 0 Å². The first-order valence-corrected chi connectivity index (χ1v) is 4.62. The van der Waals surface area contributed by atoms with Crippen LogP contribution >= 0.6 is 0 Å². The van der Waals surface area contributed by atoms with Crippen molar-refractivity contribution in [3.63, 3.8) is 0 Å². The maximum Gasteiger partial charge on any atom is 0.257 e. The van der Waals surface area contributed by atoms with Gasteiger partial charge < -0.3 is 10.3 Å². The van der Waals surface area contributed by atoms with E-state index in [9.17, 15) is 4.79 Å². The second-order valence-electron chi connectivity index (χ2n) is 3.25. The predicted molar refractivity (Wildman–Crippen MR) is 59.6 cm³/mol. The lowest BCUT2D eigenvalue weighted by Gasteiger charge is -2.03. The van der Waals surface area contributed by atoms with Gasteiger partial charge in [-0.3, -0.25) is 4.79 Å². The number of aromatic nitrogens is 1. The molecule has 3 heteroatoms. The summed E-state index contributed by atoms with van der Waals surface area (Å²) in [4.78, 5) is 14.4. The third kappa shape index (κ3) is 2.26. The predicted octanol–water partition coefficient (Wildman–Crippen LogP) is 2.45.